The molecule has 0 fully saturated rings. The van der Waals surface area contributed by atoms with Gasteiger partial charge < -0.3 is 10.1 Å². The molecule has 0 radical (unpaired) electrons. The second-order valence-electron chi connectivity index (χ2n) is 9.58. The molecule has 0 aliphatic carbocycles. The molecule has 40 heavy (non-hydrogen) atoms. The van der Waals surface area contributed by atoms with E-state index in [9.17, 15) is 31.2 Å². The van der Waals surface area contributed by atoms with E-state index in [1.807, 2.05) is 0 Å². The number of ketones is 1. The van der Waals surface area contributed by atoms with Gasteiger partial charge in [-0.1, -0.05) is 54.6 Å². The Bertz CT molecular complexity index is 1650. The first-order valence-electron chi connectivity index (χ1n) is 12.1. The van der Waals surface area contributed by atoms with Crippen molar-refractivity contribution >= 4 is 32.3 Å². The number of halogens is 3. The number of rotatable bonds is 9. The van der Waals surface area contributed by atoms with Crippen LogP contribution in [0.5, 0.6) is 5.75 Å². The number of hydrogen-bond acceptors (Lipinski definition) is 6. The molecule has 3 aromatic carbocycles. The molecular weight excluding hydrogens is 545 g/mol. The lowest BCUT2D eigenvalue weighted by atomic mass is 9.98. The van der Waals surface area contributed by atoms with E-state index in [1.54, 1.807) is 48.5 Å². The molecule has 1 amide bonds. The minimum absolute atomic E-state index is 0.00607. The Morgan fingerprint density at radius 1 is 0.900 bits per heavy atom. The number of nitrogens with zero attached hydrogens (tertiary/aromatic N) is 1. The number of pyridine rings is 1. The largest absolute Gasteiger partial charge is 0.487 e. The van der Waals surface area contributed by atoms with Crippen LogP contribution >= 0.6 is 0 Å². The van der Waals surface area contributed by atoms with Gasteiger partial charge in [0.1, 0.15) is 23.8 Å². The van der Waals surface area contributed by atoms with Gasteiger partial charge in [0.2, 0.25) is 0 Å². The Balaban J connectivity index is 1.57. The zero-order valence-electron chi connectivity index (χ0n) is 21.5. The summed E-state index contributed by atoms with van der Waals surface area (Å²) in [5.74, 6) is -2.08. The van der Waals surface area contributed by atoms with Crippen molar-refractivity contribution in [1.82, 2.24) is 10.3 Å². The third-order valence-corrected chi connectivity index (χ3v) is 7.80. The van der Waals surface area contributed by atoms with Crippen LogP contribution in [-0.4, -0.2) is 36.4 Å². The summed E-state index contributed by atoms with van der Waals surface area (Å²) in [5, 5.41) is 3.90. The topological polar surface area (TPSA) is 102 Å². The van der Waals surface area contributed by atoms with Crippen LogP contribution in [0.3, 0.4) is 0 Å². The predicted octanol–water partition coefficient (Wildman–Crippen LogP) is 5.38. The van der Waals surface area contributed by atoms with Gasteiger partial charge in [-0.25, -0.2) is 8.42 Å². The molecule has 4 aromatic rings. The van der Waals surface area contributed by atoms with Gasteiger partial charge in [-0.3, -0.25) is 14.6 Å². The highest BCUT2D eigenvalue weighted by atomic mass is 32.2. The summed E-state index contributed by atoms with van der Waals surface area (Å²) in [7, 11) is -3.93. The van der Waals surface area contributed by atoms with Crippen molar-refractivity contribution in [2.24, 2.45) is 0 Å². The van der Waals surface area contributed by atoms with Crippen LogP contribution in [0, 0.1) is 0 Å². The van der Waals surface area contributed by atoms with E-state index >= 15 is 0 Å². The SMILES string of the molecule is CC(C)(NC(=O)c1ccc2ccccc2c1OCc1ccc(C(F)(F)F)nc1)C(=O)CS(=O)(=O)c1ccccc1. The monoisotopic (exact) mass is 570 g/mol. The Kier molecular flexibility index (Phi) is 7.97. The van der Waals surface area contributed by atoms with E-state index in [0.717, 1.165) is 17.6 Å². The fourth-order valence-electron chi connectivity index (χ4n) is 3.90. The predicted molar refractivity (Wildman–Crippen MR) is 143 cm³/mol. The fourth-order valence-corrected chi connectivity index (χ4v) is 5.34. The highest BCUT2D eigenvalue weighted by molar-refractivity contribution is 7.92. The maximum absolute atomic E-state index is 13.4. The number of carbonyl (C=O) groups is 2. The van der Waals surface area contributed by atoms with Crippen molar-refractivity contribution in [1.29, 1.82) is 0 Å². The lowest BCUT2D eigenvalue weighted by molar-refractivity contribution is -0.141. The molecule has 208 valence electrons. The molecule has 7 nitrogen and oxygen atoms in total. The number of aromatic nitrogens is 1. The summed E-state index contributed by atoms with van der Waals surface area (Å²) < 4.78 is 70.0. The number of sulfone groups is 1. The molecule has 0 saturated carbocycles. The first-order chi connectivity index (χ1) is 18.8. The summed E-state index contributed by atoms with van der Waals surface area (Å²) in [6.45, 7) is 2.63. The molecule has 4 rings (SSSR count). The second kappa shape index (κ2) is 11.1. The number of fused-ring (bicyclic) bond motifs is 1. The Hall–Kier alpha value is -4.25. The Labute approximate surface area is 228 Å². The van der Waals surface area contributed by atoms with Crippen LogP contribution in [0.15, 0.2) is 90.0 Å². The van der Waals surface area contributed by atoms with Crippen molar-refractivity contribution in [3.05, 3.63) is 102 Å². The minimum atomic E-state index is -4.58. The van der Waals surface area contributed by atoms with Crippen molar-refractivity contribution < 1.29 is 35.9 Å². The number of benzene rings is 3. The van der Waals surface area contributed by atoms with Crippen molar-refractivity contribution in [3.8, 4) is 5.75 Å². The molecule has 0 aliphatic heterocycles. The maximum Gasteiger partial charge on any atom is 0.433 e. The molecule has 0 unspecified atom stereocenters. The lowest BCUT2D eigenvalue weighted by Gasteiger charge is -2.25. The van der Waals surface area contributed by atoms with Crippen LogP contribution in [0.4, 0.5) is 13.2 Å². The number of alkyl halides is 3. The van der Waals surface area contributed by atoms with E-state index in [0.29, 0.717) is 10.9 Å². The molecule has 1 heterocycles. The van der Waals surface area contributed by atoms with Crippen LogP contribution in [-0.2, 0) is 27.4 Å². The molecule has 0 saturated heterocycles. The van der Waals surface area contributed by atoms with Crippen LogP contribution in [0.25, 0.3) is 10.8 Å². The van der Waals surface area contributed by atoms with Gasteiger partial charge in [-0.05, 0) is 43.5 Å². The van der Waals surface area contributed by atoms with Gasteiger partial charge in [0, 0.05) is 17.1 Å². The molecule has 0 atom stereocenters. The zero-order chi connectivity index (χ0) is 29.1. The van der Waals surface area contributed by atoms with Crippen LogP contribution in [0.1, 0.15) is 35.5 Å². The fraction of sp³-hybridized carbons (Fsp3) is 0.207. The van der Waals surface area contributed by atoms with E-state index in [4.69, 9.17) is 4.74 Å². The van der Waals surface area contributed by atoms with E-state index < -0.39 is 44.7 Å². The van der Waals surface area contributed by atoms with Crippen molar-refractivity contribution in [2.45, 2.75) is 37.1 Å². The van der Waals surface area contributed by atoms with Crippen LogP contribution in [0.2, 0.25) is 0 Å². The molecule has 0 spiro atoms. The number of hydrogen-bond donors (Lipinski definition) is 1. The molecule has 0 aliphatic rings. The van der Waals surface area contributed by atoms with Gasteiger partial charge in [0.05, 0.1) is 16.0 Å². The number of nitrogens with one attached hydrogen (secondary N) is 1. The first kappa shape index (κ1) is 28.8. The van der Waals surface area contributed by atoms with Crippen LogP contribution < -0.4 is 10.1 Å². The molecule has 1 N–H and O–H groups in total. The first-order valence-corrected chi connectivity index (χ1v) is 13.7. The van der Waals surface area contributed by atoms with Gasteiger partial charge in [0.25, 0.3) is 5.91 Å². The number of Topliss-reactive ketones (excluding diaryl/α,β-unsaturated/α-hetero) is 1. The summed E-state index contributed by atoms with van der Waals surface area (Å²) in [6.07, 6.45) is -3.53. The molecule has 1 aromatic heterocycles. The molecule has 0 bridgehead atoms. The Morgan fingerprint density at radius 2 is 1.57 bits per heavy atom. The average molecular weight is 571 g/mol. The van der Waals surface area contributed by atoms with E-state index in [2.05, 4.69) is 10.3 Å². The molecular formula is C29H25F3N2O5S. The number of ether oxygens (including phenoxy) is 1. The molecule has 11 heteroatoms. The maximum atomic E-state index is 13.4. The van der Waals surface area contributed by atoms with Crippen molar-refractivity contribution in [3.63, 3.8) is 0 Å². The van der Waals surface area contributed by atoms with Gasteiger partial charge in [0.15, 0.2) is 15.6 Å². The van der Waals surface area contributed by atoms with Gasteiger partial charge in [-0.2, -0.15) is 13.2 Å². The summed E-state index contributed by atoms with van der Waals surface area (Å²) in [6, 6.07) is 19.8. The Morgan fingerprint density at radius 3 is 2.23 bits per heavy atom. The van der Waals surface area contributed by atoms with Gasteiger partial charge >= 0.3 is 6.18 Å². The average Bonchev–Trinajstić information content (AvgIpc) is 2.91. The van der Waals surface area contributed by atoms with Gasteiger partial charge in [-0.15, -0.1) is 0 Å². The third-order valence-electron chi connectivity index (χ3n) is 6.17. The smallest absolute Gasteiger partial charge is 0.433 e. The number of amides is 1. The van der Waals surface area contributed by atoms with Crippen molar-refractivity contribution in [2.75, 3.05) is 5.75 Å². The quantitative estimate of drug-likeness (QED) is 0.290. The normalized spacial score (nSPS) is 12.2. The lowest BCUT2D eigenvalue weighted by Crippen LogP contribution is -2.51. The second-order valence-corrected chi connectivity index (χ2v) is 11.6. The van der Waals surface area contributed by atoms with E-state index in [1.165, 1.54) is 38.1 Å². The zero-order valence-corrected chi connectivity index (χ0v) is 22.3. The third kappa shape index (κ3) is 6.48. The summed E-state index contributed by atoms with van der Waals surface area (Å²) >= 11 is 0. The van der Waals surface area contributed by atoms with E-state index in [-0.39, 0.29) is 22.8 Å². The summed E-state index contributed by atoms with van der Waals surface area (Å²) in [5.41, 5.74) is -2.19. The summed E-state index contributed by atoms with van der Waals surface area (Å²) in [4.78, 5) is 29.8. The highest BCUT2D eigenvalue weighted by Gasteiger charge is 2.35. The minimum Gasteiger partial charge on any atom is -0.487 e. The standard InChI is InChI=1S/C29H25F3N2O5S/c1-28(2,25(35)18-40(37,38)21-9-4-3-5-10-21)34-27(36)23-14-13-20-8-6-7-11-22(20)26(23)39-17-19-12-15-24(33-16-19)29(30,31)32/h3-16H,17-18H2,1-2H3,(H,34,36). The number of carbonyl (C=O) groups excluding carboxylic acids is 2. The highest BCUT2D eigenvalue weighted by Crippen LogP contribution is 2.32.